The zero-order valence-corrected chi connectivity index (χ0v) is 9.75. The zero-order valence-electron chi connectivity index (χ0n) is 9.75. The molecule has 0 heterocycles. The number of rotatable bonds is 2. The highest BCUT2D eigenvalue weighted by atomic mass is 19.1. The van der Waals surface area contributed by atoms with Gasteiger partial charge in [0.2, 0.25) is 5.83 Å². The minimum absolute atomic E-state index is 0.418. The number of esters is 1. The maximum atomic E-state index is 12.7. The predicted octanol–water partition coefficient (Wildman–Crippen LogP) is 2.10. The Bertz CT molecular complexity index is 376. The van der Waals surface area contributed by atoms with Crippen LogP contribution < -0.4 is 0 Å². The van der Waals surface area contributed by atoms with Crippen molar-refractivity contribution in [3.05, 3.63) is 12.4 Å². The summed E-state index contributed by atoms with van der Waals surface area (Å²) in [4.78, 5) is 11.4. The number of carbonyl (C=O) groups excluding carboxylic acids is 1. The molecule has 2 unspecified atom stereocenters. The van der Waals surface area contributed by atoms with Crippen LogP contribution in [0.1, 0.15) is 38.5 Å². The number of aliphatic hydroxyl groups is 1. The van der Waals surface area contributed by atoms with E-state index in [1.54, 1.807) is 0 Å². The second-order valence-electron chi connectivity index (χ2n) is 6.16. The minimum Gasteiger partial charge on any atom is -0.454 e. The van der Waals surface area contributed by atoms with Gasteiger partial charge in [-0.1, -0.05) is 6.58 Å². The Hall–Kier alpha value is -0.900. The Morgan fingerprint density at radius 3 is 2.35 bits per heavy atom. The van der Waals surface area contributed by atoms with Crippen LogP contribution in [-0.2, 0) is 9.53 Å². The van der Waals surface area contributed by atoms with E-state index in [1.165, 1.54) is 0 Å². The van der Waals surface area contributed by atoms with Gasteiger partial charge in [0.15, 0.2) is 0 Å². The summed E-state index contributed by atoms with van der Waals surface area (Å²) in [6.45, 7) is 2.97. The lowest BCUT2D eigenvalue weighted by Crippen LogP contribution is -2.60. The van der Waals surface area contributed by atoms with Gasteiger partial charge < -0.3 is 9.84 Å². The highest BCUT2D eigenvalue weighted by Gasteiger charge is 2.59. The third-order valence-corrected chi connectivity index (χ3v) is 4.51. The summed E-state index contributed by atoms with van der Waals surface area (Å²) >= 11 is 0. The highest BCUT2D eigenvalue weighted by molar-refractivity contribution is 5.85. The summed E-state index contributed by atoms with van der Waals surface area (Å²) < 4.78 is 18.0. The summed E-state index contributed by atoms with van der Waals surface area (Å²) in [5.74, 6) is -1.17. The van der Waals surface area contributed by atoms with E-state index < -0.39 is 23.0 Å². The van der Waals surface area contributed by atoms with Gasteiger partial charge in [0.1, 0.15) is 5.60 Å². The number of carbonyl (C=O) groups is 1. The molecule has 4 aliphatic rings. The SMILES string of the molecule is C=C(F)C(=O)OC12CC3CC(CC(O)(C3)C1)C2. The quantitative estimate of drug-likeness (QED) is 0.594. The molecule has 4 fully saturated rings. The second kappa shape index (κ2) is 3.31. The van der Waals surface area contributed by atoms with E-state index in [4.69, 9.17) is 4.74 Å². The van der Waals surface area contributed by atoms with E-state index in [1.807, 2.05) is 0 Å². The van der Waals surface area contributed by atoms with E-state index in [0.717, 1.165) is 32.1 Å². The fourth-order valence-corrected chi connectivity index (χ4v) is 4.50. The normalized spacial score (nSPS) is 46.9. The van der Waals surface area contributed by atoms with Gasteiger partial charge in [0, 0.05) is 6.42 Å². The average Bonchev–Trinajstić information content (AvgIpc) is 2.11. The van der Waals surface area contributed by atoms with Crippen LogP contribution in [0.5, 0.6) is 0 Å². The molecule has 4 aliphatic carbocycles. The van der Waals surface area contributed by atoms with Crippen LogP contribution in [0.25, 0.3) is 0 Å². The molecular weight excluding hydrogens is 223 g/mol. The van der Waals surface area contributed by atoms with Crippen molar-refractivity contribution in [1.82, 2.24) is 0 Å². The van der Waals surface area contributed by atoms with Crippen molar-refractivity contribution in [2.75, 3.05) is 0 Å². The first-order valence-electron chi connectivity index (χ1n) is 6.20. The Morgan fingerprint density at radius 2 is 1.88 bits per heavy atom. The minimum atomic E-state index is -1.05. The standard InChI is InChI=1S/C13H17FO3/c1-8(14)11(15)17-13-5-9-2-10(6-13)4-12(16,3-9)7-13/h9-10,16H,1-7H2. The predicted molar refractivity (Wildman–Crippen MR) is 58.7 cm³/mol. The molecule has 0 saturated heterocycles. The molecule has 0 spiro atoms. The van der Waals surface area contributed by atoms with Crippen molar-refractivity contribution in [1.29, 1.82) is 0 Å². The molecule has 0 amide bonds. The third kappa shape index (κ3) is 1.79. The van der Waals surface area contributed by atoms with Crippen LogP contribution >= 0.6 is 0 Å². The summed E-state index contributed by atoms with van der Waals surface area (Å²) in [7, 11) is 0. The molecule has 4 heteroatoms. The number of ether oxygens (including phenoxy) is 1. The first-order chi connectivity index (χ1) is 7.90. The lowest BCUT2D eigenvalue weighted by Gasteiger charge is -2.59. The summed E-state index contributed by atoms with van der Waals surface area (Å²) in [5.41, 5.74) is -1.33. The molecule has 94 valence electrons. The molecule has 4 saturated carbocycles. The van der Waals surface area contributed by atoms with E-state index in [2.05, 4.69) is 6.58 Å². The molecule has 17 heavy (non-hydrogen) atoms. The zero-order chi connectivity index (χ0) is 12.3. The molecule has 0 aromatic rings. The van der Waals surface area contributed by atoms with Crippen LogP contribution in [0.2, 0.25) is 0 Å². The Morgan fingerprint density at radius 1 is 1.29 bits per heavy atom. The van der Waals surface area contributed by atoms with E-state index >= 15 is 0 Å². The van der Waals surface area contributed by atoms with E-state index in [9.17, 15) is 14.3 Å². The van der Waals surface area contributed by atoms with Crippen LogP contribution in [0.3, 0.4) is 0 Å². The molecule has 0 radical (unpaired) electrons. The van der Waals surface area contributed by atoms with Crippen molar-refractivity contribution in [2.24, 2.45) is 11.8 Å². The molecule has 4 bridgehead atoms. The number of hydrogen-bond donors (Lipinski definition) is 1. The van der Waals surface area contributed by atoms with Gasteiger partial charge in [-0.2, -0.15) is 4.39 Å². The van der Waals surface area contributed by atoms with Crippen LogP contribution in [-0.4, -0.2) is 22.3 Å². The maximum Gasteiger partial charge on any atom is 0.367 e. The third-order valence-electron chi connectivity index (χ3n) is 4.51. The van der Waals surface area contributed by atoms with Gasteiger partial charge >= 0.3 is 5.97 Å². The van der Waals surface area contributed by atoms with Crippen LogP contribution in [0.4, 0.5) is 4.39 Å². The topological polar surface area (TPSA) is 46.5 Å². The lowest BCUT2D eigenvalue weighted by molar-refractivity contribution is -0.218. The van der Waals surface area contributed by atoms with Gasteiger partial charge in [-0.15, -0.1) is 0 Å². The summed E-state index contributed by atoms with van der Waals surface area (Å²) in [6.07, 6.45) is 4.72. The number of hydrogen-bond acceptors (Lipinski definition) is 3. The molecule has 3 nitrogen and oxygen atoms in total. The maximum absolute atomic E-state index is 12.7. The first-order valence-corrected chi connectivity index (χ1v) is 6.20. The van der Waals surface area contributed by atoms with Crippen molar-refractivity contribution in [3.8, 4) is 0 Å². The van der Waals surface area contributed by atoms with E-state index in [0.29, 0.717) is 18.3 Å². The second-order valence-corrected chi connectivity index (χ2v) is 6.16. The monoisotopic (exact) mass is 240 g/mol. The van der Waals surface area contributed by atoms with Gasteiger partial charge in [0.25, 0.3) is 0 Å². The fourth-order valence-electron chi connectivity index (χ4n) is 4.50. The smallest absolute Gasteiger partial charge is 0.367 e. The fraction of sp³-hybridized carbons (Fsp3) is 0.769. The number of halogens is 1. The van der Waals surface area contributed by atoms with Gasteiger partial charge in [0.05, 0.1) is 5.60 Å². The Labute approximate surface area is 99.6 Å². The van der Waals surface area contributed by atoms with Gasteiger partial charge in [-0.05, 0) is 43.9 Å². The molecule has 0 aromatic heterocycles. The van der Waals surface area contributed by atoms with Crippen LogP contribution in [0, 0.1) is 11.8 Å². The Balaban J connectivity index is 1.83. The summed E-state index contributed by atoms with van der Waals surface area (Å²) in [5, 5.41) is 10.4. The largest absolute Gasteiger partial charge is 0.454 e. The van der Waals surface area contributed by atoms with Crippen LogP contribution in [0.15, 0.2) is 12.4 Å². The van der Waals surface area contributed by atoms with Gasteiger partial charge in [-0.25, -0.2) is 4.79 Å². The Kier molecular flexibility index (Phi) is 2.18. The molecule has 2 atom stereocenters. The highest BCUT2D eigenvalue weighted by Crippen LogP contribution is 2.58. The van der Waals surface area contributed by atoms with Crippen molar-refractivity contribution < 1.29 is 19.0 Å². The van der Waals surface area contributed by atoms with E-state index in [-0.39, 0.29) is 0 Å². The van der Waals surface area contributed by atoms with Crippen molar-refractivity contribution in [2.45, 2.75) is 49.7 Å². The molecule has 1 N–H and O–H groups in total. The summed E-state index contributed by atoms with van der Waals surface area (Å²) in [6, 6.07) is 0. The average molecular weight is 240 g/mol. The van der Waals surface area contributed by atoms with Crippen molar-refractivity contribution >= 4 is 5.97 Å². The molecule has 0 aromatic carbocycles. The lowest BCUT2D eigenvalue weighted by atomic mass is 9.52. The molecular formula is C13H17FO3. The van der Waals surface area contributed by atoms with Gasteiger partial charge in [-0.3, -0.25) is 0 Å². The first kappa shape index (κ1) is 11.2. The molecule has 4 rings (SSSR count). The molecule has 0 aliphatic heterocycles. The van der Waals surface area contributed by atoms with Crippen molar-refractivity contribution in [3.63, 3.8) is 0 Å².